The molecule has 0 saturated carbocycles. The molecule has 6 nitrogen and oxygen atoms in total. The summed E-state index contributed by atoms with van der Waals surface area (Å²) in [6.07, 6.45) is 0.695. The summed E-state index contributed by atoms with van der Waals surface area (Å²) in [5, 5.41) is 0. The van der Waals surface area contributed by atoms with Crippen molar-refractivity contribution < 1.29 is 22.6 Å². The molecule has 0 radical (unpaired) electrons. The summed E-state index contributed by atoms with van der Waals surface area (Å²) in [4.78, 5) is 0. The lowest BCUT2D eigenvalue weighted by Gasteiger charge is -2.34. The number of hydrogen-bond donors (Lipinski definition) is 0. The van der Waals surface area contributed by atoms with Crippen molar-refractivity contribution in [3.63, 3.8) is 0 Å². The molecule has 0 bridgehead atoms. The molecule has 0 N–H and O–H groups in total. The molecule has 23 heavy (non-hydrogen) atoms. The summed E-state index contributed by atoms with van der Waals surface area (Å²) >= 11 is 0. The Morgan fingerprint density at radius 3 is 2.70 bits per heavy atom. The average molecular weight is 343 g/mol. The molecule has 1 aromatic carbocycles. The Morgan fingerprint density at radius 2 is 2.00 bits per heavy atom. The molecular formula is C16H25NO5S. The molecule has 7 heteroatoms. The lowest BCUT2D eigenvalue weighted by atomic mass is 9.95. The van der Waals surface area contributed by atoms with Crippen LogP contribution in [0.3, 0.4) is 0 Å². The number of rotatable bonds is 8. The second kappa shape index (κ2) is 8.10. The Kier molecular flexibility index (Phi) is 6.41. The first kappa shape index (κ1) is 18.2. The van der Waals surface area contributed by atoms with E-state index in [0.29, 0.717) is 26.2 Å². The summed E-state index contributed by atoms with van der Waals surface area (Å²) in [7, 11) is -0.123. The number of methoxy groups -OCH3 is 2. The predicted molar refractivity (Wildman–Crippen MR) is 88.3 cm³/mol. The minimum atomic E-state index is -3.34. The van der Waals surface area contributed by atoms with E-state index >= 15 is 0 Å². The highest BCUT2D eigenvalue weighted by Gasteiger charge is 2.32. The molecule has 130 valence electrons. The zero-order valence-electron chi connectivity index (χ0n) is 13.9. The molecule has 1 unspecified atom stereocenters. The van der Waals surface area contributed by atoms with E-state index in [1.54, 1.807) is 18.5 Å². The lowest BCUT2D eigenvalue weighted by molar-refractivity contribution is 0.0780. The van der Waals surface area contributed by atoms with E-state index in [2.05, 4.69) is 0 Å². The topological polar surface area (TPSA) is 65.1 Å². The Balaban J connectivity index is 2.03. The summed E-state index contributed by atoms with van der Waals surface area (Å²) in [6, 6.07) is 5.65. The first-order valence-corrected chi connectivity index (χ1v) is 9.33. The van der Waals surface area contributed by atoms with Gasteiger partial charge in [0.1, 0.15) is 5.75 Å². The molecule has 1 aromatic rings. The molecule has 0 aliphatic carbocycles. The number of fused-ring (bicyclic) bond motifs is 1. The van der Waals surface area contributed by atoms with Crippen molar-refractivity contribution in [2.75, 3.05) is 46.3 Å². The van der Waals surface area contributed by atoms with Crippen LogP contribution in [0.1, 0.15) is 24.1 Å². The van der Waals surface area contributed by atoms with Gasteiger partial charge in [-0.3, -0.25) is 0 Å². The van der Waals surface area contributed by atoms with Gasteiger partial charge in [0.05, 0.1) is 32.7 Å². The van der Waals surface area contributed by atoms with Crippen molar-refractivity contribution in [2.24, 2.45) is 0 Å². The van der Waals surface area contributed by atoms with Gasteiger partial charge in [-0.2, -0.15) is 4.31 Å². The quantitative estimate of drug-likeness (QED) is 0.671. The maximum absolute atomic E-state index is 12.6. The molecule has 2 rings (SSSR count). The molecule has 1 heterocycles. The molecule has 1 atom stereocenters. The highest BCUT2D eigenvalue weighted by atomic mass is 32.2. The zero-order chi connectivity index (χ0) is 16.9. The Hall–Kier alpha value is -1.15. The first-order valence-electron chi connectivity index (χ1n) is 7.72. The van der Waals surface area contributed by atoms with Crippen LogP contribution in [0.2, 0.25) is 0 Å². The van der Waals surface area contributed by atoms with E-state index in [1.165, 1.54) is 0 Å². The van der Waals surface area contributed by atoms with Gasteiger partial charge in [-0.25, -0.2) is 8.42 Å². The largest absolute Gasteiger partial charge is 0.497 e. The number of ether oxygens (including phenoxy) is 3. The molecule has 0 spiro atoms. The normalized spacial score (nSPS) is 18.7. The standard InChI is InChI=1S/C16H25NO5S/c1-13-16-5-4-15(21-3)12-14(16)6-7-17(13)23(18,19)11-10-22-9-8-20-2/h4-5,12-13H,6-11H2,1-3H3. The maximum atomic E-state index is 12.6. The van der Waals surface area contributed by atoms with Gasteiger partial charge in [-0.05, 0) is 36.6 Å². The van der Waals surface area contributed by atoms with Gasteiger partial charge in [0, 0.05) is 19.7 Å². The SMILES string of the molecule is COCCOCCS(=O)(=O)N1CCc2cc(OC)ccc2C1C. The van der Waals surface area contributed by atoms with E-state index in [9.17, 15) is 8.42 Å². The van der Waals surface area contributed by atoms with Crippen LogP contribution in [0.25, 0.3) is 0 Å². The van der Waals surface area contributed by atoms with Gasteiger partial charge < -0.3 is 14.2 Å². The summed E-state index contributed by atoms with van der Waals surface area (Å²) < 4.78 is 42.1. The molecule has 0 fully saturated rings. The van der Waals surface area contributed by atoms with Crippen LogP contribution < -0.4 is 4.74 Å². The van der Waals surface area contributed by atoms with Crippen LogP contribution in [0.4, 0.5) is 0 Å². The van der Waals surface area contributed by atoms with E-state index < -0.39 is 10.0 Å². The van der Waals surface area contributed by atoms with Crippen LogP contribution in [0.15, 0.2) is 18.2 Å². The minimum absolute atomic E-state index is 0.00740. The average Bonchev–Trinajstić information content (AvgIpc) is 2.54. The summed E-state index contributed by atoms with van der Waals surface area (Å²) in [5.74, 6) is 0.797. The predicted octanol–water partition coefficient (Wildman–Crippen LogP) is 1.61. The highest BCUT2D eigenvalue weighted by Crippen LogP contribution is 2.33. The molecule has 1 aliphatic heterocycles. The van der Waals surface area contributed by atoms with Crippen molar-refractivity contribution in [1.29, 1.82) is 0 Å². The fourth-order valence-electron chi connectivity index (χ4n) is 2.82. The van der Waals surface area contributed by atoms with Crippen LogP contribution in [0, 0.1) is 0 Å². The number of sulfonamides is 1. The maximum Gasteiger partial charge on any atom is 0.216 e. The summed E-state index contributed by atoms with van der Waals surface area (Å²) in [6.45, 7) is 3.47. The van der Waals surface area contributed by atoms with E-state index in [-0.39, 0.29) is 18.4 Å². The van der Waals surface area contributed by atoms with E-state index in [1.807, 2.05) is 25.1 Å². The van der Waals surface area contributed by atoms with Gasteiger partial charge in [0.15, 0.2) is 0 Å². The van der Waals surface area contributed by atoms with Crippen molar-refractivity contribution >= 4 is 10.0 Å². The van der Waals surface area contributed by atoms with Crippen LogP contribution in [-0.2, 0) is 25.9 Å². The third kappa shape index (κ3) is 4.44. The van der Waals surface area contributed by atoms with Crippen molar-refractivity contribution in [3.05, 3.63) is 29.3 Å². The number of benzene rings is 1. The second-order valence-electron chi connectivity index (χ2n) is 5.52. The minimum Gasteiger partial charge on any atom is -0.497 e. The van der Waals surface area contributed by atoms with Gasteiger partial charge in [0.2, 0.25) is 10.0 Å². The van der Waals surface area contributed by atoms with E-state index in [4.69, 9.17) is 14.2 Å². The van der Waals surface area contributed by atoms with Crippen LogP contribution in [-0.4, -0.2) is 59.1 Å². The highest BCUT2D eigenvalue weighted by molar-refractivity contribution is 7.89. The fourth-order valence-corrected chi connectivity index (χ4v) is 4.35. The third-order valence-electron chi connectivity index (χ3n) is 4.11. The van der Waals surface area contributed by atoms with Crippen LogP contribution in [0.5, 0.6) is 5.75 Å². The first-order chi connectivity index (χ1) is 11.0. The smallest absolute Gasteiger partial charge is 0.216 e. The van der Waals surface area contributed by atoms with Gasteiger partial charge in [0.25, 0.3) is 0 Å². The van der Waals surface area contributed by atoms with Gasteiger partial charge in [-0.1, -0.05) is 6.07 Å². The van der Waals surface area contributed by atoms with E-state index in [0.717, 1.165) is 16.9 Å². The molecule has 0 amide bonds. The Bertz CT molecular complexity index is 617. The number of nitrogens with zero attached hydrogens (tertiary/aromatic N) is 1. The number of hydrogen-bond acceptors (Lipinski definition) is 5. The Morgan fingerprint density at radius 1 is 1.22 bits per heavy atom. The van der Waals surface area contributed by atoms with Gasteiger partial charge in [-0.15, -0.1) is 0 Å². The van der Waals surface area contributed by atoms with Crippen LogP contribution >= 0.6 is 0 Å². The van der Waals surface area contributed by atoms with Crippen molar-refractivity contribution in [1.82, 2.24) is 4.31 Å². The molecule has 0 aromatic heterocycles. The lowest BCUT2D eigenvalue weighted by Crippen LogP contribution is -2.40. The Labute approximate surface area is 138 Å². The van der Waals surface area contributed by atoms with Crippen molar-refractivity contribution in [2.45, 2.75) is 19.4 Å². The molecule has 0 saturated heterocycles. The fraction of sp³-hybridized carbons (Fsp3) is 0.625. The molecular weight excluding hydrogens is 318 g/mol. The summed E-state index contributed by atoms with van der Waals surface area (Å²) in [5.41, 5.74) is 2.19. The zero-order valence-corrected chi connectivity index (χ0v) is 14.8. The van der Waals surface area contributed by atoms with Crippen molar-refractivity contribution in [3.8, 4) is 5.75 Å². The monoisotopic (exact) mass is 343 g/mol. The van der Waals surface area contributed by atoms with Gasteiger partial charge >= 0.3 is 0 Å². The molecule has 1 aliphatic rings. The third-order valence-corrected chi connectivity index (χ3v) is 6.00. The second-order valence-corrected chi connectivity index (χ2v) is 7.56.